The molecule has 6 heteroatoms. The van der Waals surface area contributed by atoms with Gasteiger partial charge >= 0.3 is 6.92 Å². The SMILES string of the molecule is CCC(C)(C)C(=O)Nc1cc2c(c(F)c1F)COB2C. The van der Waals surface area contributed by atoms with E-state index in [4.69, 9.17) is 4.65 Å². The number of benzene rings is 1. The van der Waals surface area contributed by atoms with Crippen molar-refractivity contribution in [1.29, 1.82) is 0 Å². The maximum absolute atomic E-state index is 14.0. The summed E-state index contributed by atoms with van der Waals surface area (Å²) in [6.07, 6.45) is 0.605. The van der Waals surface area contributed by atoms with Crippen LogP contribution in [-0.4, -0.2) is 12.8 Å². The summed E-state index contributed by atoms with van der Waals surface area (Å²) in [7, 11) is 0. The Morgan fingerprint density at radius 1 is 1.45 bits per heavy atom. The molecule has 1 aliphatic heterocycles. The molecule has 0 aliphatic carbocycles. The van der Waals surface area contributed by atoms with Crippen LogP contribution in [0.1, 0.15) is 32.8 Å². The van der Waals surface area contributed by atoms with Gasteiger partial charge in [-0.2, -0.15) is 0 Å². The third-order valence-electron chi connectivity index (χ3n) is 4.00. The first kappa shape index (κ1) is 15.0. The molecule has 0 saturated heterocycles. The first-order valence-electron chi connectivity index (χ1n) is 6.71. The average Bonchev–Trinajstić information content (AvgIpc) is 2.77. The normalized spacial score (nSPS) is 14.4. The molecule has 0 bridgehead atoms. The second-order valence-corrected chi connectivity index (χ2v) is 5.76. The van der Waals surface area contributed by atoms with Gasteiger partial charge in [-0.1, -0.05) is 27.6 Å². The summed E-state index contributed by atoms with van der Waals surface area (Å²) in [5.74, 6) is -2.29. The van der Waals surface area contributed by atoms with Crippen LogP contribution in [0, 0.1) is 17.0 Å². The number of amides is 1. The van der Waals surface area contributed by atoms with Crippen molar-refractivity contribution >= 4 is 24.0 Å². The van der Waals surface area contributed by atoms with Crippen molar-refractivity contribution in [3.05, 3.63) is 23.3 Å². The molecule has 2 rings (SSSR count). The lowest BCUT2D eigenvalue weighted by Gasteiger charge is -2.22. The highest BCUT2D eigenvalue weighted by Crippen LogP contribution is 2.27. The topological polar surface area (TPSA) is 38.3 Å². The van der Waals surface area contributed by atoms with E-state index in [1.807, 2.05) is 6.92 Å². The maximum atomic E-state index is 14.0. The van der Waals surface area contributed by atoms with Gasteiger partial charge in [0.25, 0.3) is 0 Å². The second-order valence-electron chi connectivity index (χ2n) is 5.76. The van der Waals surface area contributed by atoms with Crippen molar-refractivity contribution in [1.82, 2.24) is 0 Å². The number of carbonyl (C=O) groups is 1. The number of hydrogen-bond acceptors (Lipinski definition) is 2. The van der Waals surface area contributed by atoms with Crippen LogP contribution in [0.3, 0.4) is 0 Å². The van der Waals surface area contributed by atoms with Gasteiger partial charge in [0.2, 0.25) is 5.91 Å². The van der Waals surface area contributed by atoms with Crippen molar-refractivity contribution in [3.8, 4) is 0 Å². The van der Waals surface area contributed by atoms with E-state index in [0.29, 0.717) is 11.9 Å². The largest absolute Gasteiger partial charge is 0.427 e. The molecule has 0 unspecified atom stereocenters. The van der Waals surface area contributed by atoms with Crippen molar-refractivity contribution < 1.29 is 18.2 Å². The molecule has 1 aliphatic rings. The molecule has 1 heterocycles. The van der Waals surface area contributed by atoms with E-state index in [-0.39, 0.29) is 30.7 Å². The Labute approximate surface area is 117 Å². The first-order valence-corrected chi connectivity index (χ1v) is 6.71. The molecule has 1 amide bonds. The molecule has 0 atom stereocenters. The Morgan fingerprint density at radius 3 is 2.70 bits per heavy atom. The van der Waals surface area contributed by atoms with Crippen molar-refractivity contribution in [2.45, 2.75) is 40.6 Å². The summed E-state index contributed by atoms with van der Waals surface area (Å²) < 4.78 is 33.2. The number of nitrogens with one attached hydrogen (secondary N) is 1. The molecule has 1 N–H and O–H groups in total. The highest BCUT2D eigenvalue weighted by Gasteiger charge is 2.32. The van der Waals surface area contributed by atoms with Gasteiger partial charge in [-0.05, 0) is 17.9 Å². The summed E-state index contributed by atoms with van der Waals surface area (Å²) in [5, 5.41) is 2.48. The van der Waals surface area contributed by atoms with Gasteiger partial charge in [0.15, 0.2) is 11.6 Å². The summed E-state index contributed by atoms with van der Waals surface area (Å²) in [4.78, 5) is 12.1. The van der Waals surface area contributed by atoms with Gasteiger partial charge < -0.3 is 9.97 Å². The molecule has 0 aromatic heterocycles. The molecule has 0 spiro atoms. The summed E-state index contributed by atoms with van der Waals surface area (Å²) >= 11 is 0. The van der Waals surface area contributed by atoms with E-state index in [1.54, 1.807) is 20.7 Å². The van der Waals surface area contributed by atoms with E-state index in [0.717, 1.165) is 0 Å². The van der Waals surface area contributed by atoms with Gasteiger partial charge in [-0.25, -0.2) is 8.78 Å². The summed E-state index contributed by atoms with van der Waals surface area (Å²) in [5.41, 5.74) is 0.0747. The average molecular weight is 281 g/mol. The monoisotopic (exact) mass is 281 g/mol. The molecular weight excluding hydrogens is 263 g/mol. The van der Waals surface area contributed by atoms with E-state index < -0.39 is 17.0 Å². The molecule has 1 aromatic carbocycles. The molecule has 0 saturated carbocycles. The van der Waals surface area contributed by atoms with Crippen molar-refractivity contribution in [2.75, 3.05) is 5.32 Å². The predicted octanol–water partition coefficient (Wildman–Crippen LogP) is 2.70. The zero-order valence-electron chi connectivity index (χ0n) is 12.1. The third kappa shape index (κ3) is 2.44. The highest BCUT2D eigenvalue weighted by atomic mass is 19.2. The number of halogens is 2. The summed E-state index contributed by atoms with van der Waals surface area (Å²) in [6.45, 7) is 6.93. The highest BCUT2D eigenvalue weighted by molar-refractivity contribution is 6.67. The fourth-order valence-electron chi connectivity index (χ4n) is 2.03. The molecule has 108 valence electrons. The van der Waals surface area contributed by atoms with Gasteiger partial charge in [0, 0.05) is 11.0 Å². The van der Waals surface area contributed by atoms with Crippen LogP contribution in [0.2, 0.25) is 6.82 Å². The fraction of sp³-hybridized carbons (Fsp3) is 0.500. The lowest BCUT2D eigenvalue weighted by molar-refractivity contribution is -0.124. The fourth-order valence-corrected chi connectivity index (χ4v) is 2.03. The standard InChI is InChI=1S/C14H18BF2NO2/c1-5-14(2,3)13(19)18-10-6-9-8(7-20-15(9)4)11(16)12(10)17/h6H,5,7H2,1-4H3,(H,18,19). The molecule has 1 aromatic rings. The van der Waals surface area contributed by atoms with Gasteiger partial charge in [-0.3, -0.25) is 4.79 Å². The van der Waals surface area contributed by atoms with Crippen LogP contribution < -0.4 is 10.8 Å². The number of hydrogen-bond donors (Lipinski definition) is 1. The van der Waals surface area contributed by atoms with E-state index in [9.17, 15) is 13.6 Å². The minimum absolute atomic E-state index is 0.0634. The zero-order valence-corrected chi connectivity index (χ0v) is 12.1. The van der Waals surface area contributed by atoms with Crippen LogP contribution in [0.4, 0.5) is 14.5 Å². The van der Waals surface area contributed by atoms with Gasteiger partial charge in [-0.15, -0.1) is 0 Å². The van der Waals surface area contributed by atoms with Gasteiger partial charge in [0.05, 0.1) is 12.3 Å². The summed E-state index contributed by atoms with van der Waals surface area (Å²) in [6, 6.07) is 1.47. The molecule has 3 nitrogen and oxygen atoms in total. The molecule has 0 radical (unpaired) electrons. The Hall–Kier alpha value is -1.43. The number of fused-ring (bicyclic) bond motifs is 1. The predicted molar refractivity (Wildman–Crippen MR) is 75.1 cm³/mol. The number of anilines is 1. The van der Waals surface area contributed by atoms with E-state index >= 15 is 0 Å². The molecule has 20 heavy (non-hydrogen) atoms. The second kappa shape index (κ2) is 5.16. The Morgan fingerprint density at radius 2 is 2.10 bits per heavy atom. The Balaban J connectivity index is 2.37. The number of rotatable bonds is 3. The van der Waals surface area contributed by atoms with Crippen molar-refractivity contribution in [2.24, 2.45) is 5.41 Å². The minimum Gasteiger partial charge on any atom is -0.427 e. The smallest absolute Gasteiger partial charge is 0.324 e. The van der Waals surface area contributed by atoms with E-state index in [2.05, 4.69) is 5.32 Å². The Bertz CT molecular complexity index is 561. The van der Waals surface area contributed by atoms with Crippen LogP contribution >= 0.6 is 0 Å². The molecular formula is C14H18BF2NO2. The Kier molecular flexibility index (Phi) is 3.87. The van der Waals surface area contributed by atoms with Crippen molar-refractivity contribution in [3.63, 3.8) is 0 Å². The van der Waals surface area contributed by atoms with E-state index in [1.165, 1.54) is 6.07 Å². The van der Waals surface area contributed by atoms with Crippen LogP contribution in [0.25, 0.3) is 0 Å². The van der Waals surface area contributed by atoms with Gasteiger partial charge in [0.1, 0.15) is 0 Å². The zero-order chi connectivity index (χ0) is 15.1. The lowest BCUT2D eigenvalue weighted by atomic mass is 9.64. The van der Waals surface area contributed by atoms with Crippen LogP contribution in [0.5, 0.6) is 0 Å². The maximum Gasteiger partial charge on any atom is 0.324 e. The van der Waals surface area contributed by atoms with Crippen LogP contribution in [-0.2, 0) is 16.1 Å². The first-order chi connectivity index (χ1) is 9.27. The quantitative estimate of drug-likeness (QED) is 0.865. The molecule has 0 fully saturated rings. The minimum atomic E-state index is -1.03. The van der Waals surface area contributed by atoms with Crippen LogP contribution in [0.15, 0.2) is 6.07 Å². The third-order valence-corrected chi connectivity index (χ3v) is 4.00. The lowest BCUT2D eigenvalue weighted by Crippen LogP contribution is -2.32. The number of carbonyl (C=O) groups excluding carboxylic acids is 1.